The monoisotopic (exact) mass is 467 g/mol. The molecule has 11 nitrogen and oxygen atoms in total. The first kappa shape index (κ1) is 22.2. The highest BCUT2D eigenvalue weighted by Gasteiger charge is 2.19. The number of halogens is 2. The van der Waals surface area contributed by atoms with Gasteiger partial charge >= 0.3 is 11.7 Å². The Balaban J connectivity index is 2.05. The fourth-order valence-electron chi connectivity index (χ4n) is 2.56. The van der Waals surface area contributed by atoms with Crippen LogP contribution in [0.2, 0.25) is 10.0 Å². The molecular weight excluding hydrogens is 453 g/mol. The van der Waals surface area contributed by atoms with E-state index in [-0.39, 0.29) is 38.8 Å². The molecule has 0 unspecified atom stereocenters. The summed E-state index contributed by atoms with van der Waals surface area (Å²) < 4.78 is 10.8. The van der Waals surface area contributed by atoms with Crippen molar-refractivity contribution in [3.63, 3.8) is 0 Å². The zero-order chi connectivity index (χ0) is 22.9. The highest BCUT2D eigenvalue weighted by molar-refractivity contribution is 6.37. The van der Waals surface area contributed by atoms with Crippen LogP contribution in [0.1, 0.15) is 35.8 Å². The molecule has 0 aliphatic carbocycles. The van der Waals surface area contributed by atoms with Crippen LogP contribution >= 0.6 is 23.2 Å². The number of hydrogen-bond acceptors (Lipinski definition) is 8. The van der Waals surface area contributed by atoms with E-state index in [2.05, 4.69) is 20.0 Å². The number of benzene rings is 1. The quantitative estimate of drug-likeness (QED) is 0.540. The lowest BCUT2D eigenvalue weighted by atomic mass is 10.1. The van der Waals surface area contributed by atoms with Crippen molar-refractivity contribution in [3.8, 4) is 17.3 Å². The van der Waals surface area contributed by atoms with Crippen LogP contribution in [0.3, 0.4) is 0 Å². The molecule has 31 heavy (non-hydrogen) atoms. The molecule has 0 atom stereocenters. The first-order chi connectivity index (χ1) is 14.6. The van der Waals surface area contributed by atoms with Crippen molar-refractivity contribution in [3.05, 3.63) is 70.7 Å². The molecule has 0 fully saturated rings. The van der Waals surface area contributed by atoms with Gasteiger partial charge in [0.2, 0.25) is 11.6 Å². The molecule has 2 aromatic heterocycles. The molecule has 2 heterocycles. The molecule has 3 aromatic rings. The number of carbonyl (C=O) groups excluding carboxylic acids is 1. The van der Waals surface area contributed by atoms with Crippen molar-refractivity contribution >= 4 is 29.2 Å². The van der Waals surface area contributed by atoms with Crippen molar-refractivity contribution in [1.29, 1.82) is 0 Å². The molecule has 0 bridgehead atoms. The van der Waals surface area contributed by atoms with E-state index in [0.29, 0.717) is 5.56 Å². The summed E-state index contributed by atoms with van der Waals surface area (Å²) >= 11 is 12.5. The Morgan fingerprint density at radius 3 is 2.32 bits per heavy atom. The van der Waals surface area contributed by atoms with Crippen LogP contribution in [-0.4, -0.2) is 38.0 Å². The van der Waals surface area contributed by atoms with E-state index in [1.807, 2.05) is 18.8 Å². The average molecular weight is 468 g/mol. The van der Waals surface area contributed by atoms with Gasteiger partial charge in [0.25, 0.3) is 11.1 Å². The maximum Gasteiger partial charge on any atom is 0.364 e. The number of hydrogen-bond donors (Lipinski definition) is 2. The van der Waals surface area contributed by atoms with Gasteiger partial charge in [0.05, 0.1) is 22.8 Å². The molecular formula is C18H15Cl2N5O6. The third-order valence-electron chi connectivity index (χ3n) is 4.07. The van der Waals surface area contributed by atoms with Crippen molar-refractivity contribution in [2.24, 2.45) is 0 Å². The topological polar surface area (TPSA) is 149 Å². The van der Waals surface area contributed by atoms with Gasteiger partial charge in [0.1, 0.15) is 0 Å². The summed E-state index contributed by atoms with van der Waals surface area (Å²) in [5.74, 6) is -1.05. The summed E-state index contributed by atoms with van der Waals surface area (Å²) in [5, 5.41) is 9.81. The number of H-pyrrole nitrogens is 2. The number of nitrogens with zero attached hydrogens (tertiary/aromatic N) is 3. The van der Waals surface area contributed by atoms with Crippen molar-refractivity contribution in [2.75, 3.05) is 7.11 Å². The summed E-state index contributed by atoms with van der Waals surface area (Å²) in [6.45, 7) is 3.67. The average Bonchev–Trinajstić information content (AvgIpc) is 2.71. The normalized spacial score (nSPS) is 10.9. The number of methoxy groups -OCH3 is 1. The van der Waals surface area contributed by atoms with E-state index in [4.69, 9.17) is 27.9 Å². The predicted molar refractivity (Wildman–Crippen MR) is 111 cm³/mol. The molecule has 0 aliphatic rings. The van der Waals surface area contributed by atoms with Gasteiger partial charge in [-0.2, -0.15) is 9.78 Å². The van der Waals surface area contributed by atoms with Crippen LogP contribution < -0.4 is 21.5 Å². The first-order valence-corrected chi connectivity index (χ1v) is 9.46. The summed E-state index contributed by atoms with van der Waals surface area (Å²) in [7, 11) is 1.06. The van der Waals surface area contributed by atoms with Crippen LogP contribution in [0.15, 0.2) is 32.6 Å². The third-order valence-corrected chi connectivity index (χ3v) is 4.63. The van der Waals surface area contributed by atoms with Gasteiger partial charge in [0.15, 0.2) is 5.75 Å². The number of aromatic amines is 2. The second kappa shape index (κ2) is 8.74. The second-order valence-electron chi connectivity index (χ2n) is 6.50. The number of ether oxygens (including phenoxy) is 2. The van der Waals surface area contributed by atoms with Crippen molar-refractivity contribution in [1.82, 2.24) is 25.0 Å². The smallest absolute Gasteiger partial charge is 0.364 e. The van der Waals surface area contributed by atoms with Crippen molar-refractivity contribution < 1.29 is 14.3 Å². The Hall–Kier alpha value is -3.44. The Labute approximate surface area is 183 Å². The molecule has 1 aromatic carbocycles. The van der Waals surface area contributed by atoms with E-state index in [1.54, 1.807) is 0 Å². The maximum atomic E-state index is 12.2. The fraction of sp³-hybridized carbons (Fsp3) is 0.222. The Morgan fingerprint density at radius 2 is 1.74 bits per heavy atom. The molecule has 2 N–H and O–H groups in total. The molecule has 0 amide bonds. The number of nitrogens with one attached hydrogen (secondary N) is 2. The Bertz CT molecular complexity index is 1320. The molecule has 0 radical (unpaired) electrons. The molecule has 13 heteroatoms. The number of rotatable bonds is 5. The minimum absolute atomic E-state index is 0.00648. The van der Waals surface area contributed by atoms with Crippen LogP contribution in [0.4, 0.5) is 0 Å². The summed E-state index contributed by atoms with van der Waals surface area (Å²) in [4.78, 5) is 49.4. The lowest BCUT2D eigenvalue weighted by Crippen LogP contribution is -2.36. The lowest BCUT2D eigenvalue weighted by molar-refractivity contribution is 0.0589. The van der Waals surface area contributed by atoms with E-state index >= 15 is 0 Å². The van der Waals surface area contributed by atoms with E-state index < -0.39 is 22.9 Å². The molecule has 0 aliphatic heterocycles. The highest BCUT2D eigenvalue weighted by Crippen LogP contribution is 2.37. The van der Waals surface area contributed by atoms with Gasteiger partial charge in [0, 0.05) is 11.6 Å². The second-order valence-corrected chi connectivity index (χ2v) is 7.31. The Morgan fingerprint density at radius 1 is 1.10 bits per heavy atom. The van der Waals surface area contributed by atoms with Crippen LogP contribution in [0.5, 0.6) is 11.6 Å². The van der Waals surface area contributed by atoms with Gasteiger partial charge in [-0.3, -0.25) is 14.6 Å². The number of aromatic nitrogens is 5. The minimum Gasteiger partial charge on any atom is -0.464 e. The summed E-state index contributed by atoms with van der Waals surface area (Å²) in [6.07, 6.45) is 0. The summed E-state index contributed by atoms with van der Waals surface area (Å²) in [5.41, 5.74) is -2.41. The molecule has 3 rings (SSSR count). The van der Waals surface area contributed by atoms with Gasteiger partial charge in [-0.1, -0.05) is 37.0 Å². The molecule has 0 saturated heterocycles. The predicted octanol–water partition coefficient (Wildman–Crippen LogP) is 2.01. The van der Waals surface area contributed by atoms with Crippen LogP contribution in [0.25, 0.3) is 5.69 Å². The Kier molecular flexibility index (Phi) is 6.27. The lowest BCUT2D eigenvalue weighted by Gasteiger charge is -2.12. The van der Waals surface area contributed by atoms with Crippen LogP contribution in [-0.2, 0) is 4.74 Å². The van der Waals surface area contributed by atoms with Gasteiger partial charge in [-0.25, -0.2) is 14.7 Å². The SMILES string of the molecule is COC(=O)c1nn(-c2cc(Cl)c(Oc3cc(C(C)C)c(=O)[nH]n3)c(Cl)c2)c(=O)[nH]c1=O. The van der Waals surface area contributed by atoms with Gasteiger partial charge < -0.3 is 9.47 Å². The minimum atomic E-state index is -1.03. The van der Waals surface area contributed by atoms with Crippen LogP contribution in [0, 0.1) is 0 Å². The van der Waals surface area contributed by atoms with Gasteiger partial charge in [-0.15, -0.1) is 5.10 Å². The zero-order valence-corrected chi connectivity index (χ0v) is 17.9. The van der Waals surface area contributed by atoms with Gasteiger partial charge in [-0.05, 0) is 18.1 Å². The molecule has 162 valence electrons. The van der Waals surface area contributed by atoms with Crippen molar-refractivity contribution in [2.45, 2.75) is 19.8 Å². The fourth-order valence-corrected chi connectivity index (χ4v) is 3.11. The van der Waals surface area contributed by atoms with E-state index in [1.165, 1.54) is 18.2 Å². The van der Waals surface area contributed by atoms with E-state index in [0.717, 1.165) is 11.8 Å². The standard InChI is InChI=1S/C18H15Cl2N5O6/c1-7(2)9-6-12(22-23-15(9)26)31-14-10(19)4-8(5-11(14)20)25-18(29)21-16(27)13(24-25)17(28)30-3/h4-7H,1-3H3,(H,23,26)(H,21,27,29). The number of esters is 1. The summed E-state index contributed by atoms with van der Waals surface area (Å²) in [6, 6.07) is 4.03. The van der Waals surface area contributed by atoms with E-state index in [9.17, 15) is 19.2 Å². The zero-order valence-electron chi connectivity index (χ0n) is 16.4. The largest absolute Gasteiger partial charge is 0.464 e. The molecule has 0 saturated carbocycles. The third kappa shape index (κ3) is 4.52. The molecule has 0 spiro atoms. The maximum absolute atomic E-state index is 12.2. The first-order valence-electron chi connectivity index (χ1n) is 8.71. The number of carbonyl (C=O) groups is 1. The highest BCUT2D eigenvalue weighted by atomic mass is 35.5.